The van der Waals surface area contributed by atoms with Crippen molar-refractivity contribution in [1.82, 2.24) is 14.8 Å². The van der Waals surface area contributed by atoms with Gasteiger partial charge < -0.3 is 10.1 Å². The summed E-state index contributed by atoms with van der Waals surface area (Å²) in [6.45, 7) is 1.15. The van der Waals surface area contributed by atoms with Crippen molar-refractivity contribution in [1.29, 1.82) is 0 Å². The number of anilines is 1. The fourth-order valence-electron chi connectivity index (χ4n) is 3.46. The van der Waals surface area contributed by atoms with Gasteiger partial charge in [-0.05, 0) is 55.6 Å². The Morgan fingerprint density at radius 1 is 1.28 bits per heavy atom. The van der Waals surface area contributed by atoms with Crippen molar-refractivity contribution in [3.05, 3.63) is 36.9 Å². The number of carbonyl (C=O) groups is 1. The minimum atomic E-state index is 0.128. The first-order valence-corrected chi connectivity index (χ1v) is 9.13. The molecule has 132 valence electrons. The van der Waals surface area contributed by atoms with Crippen LogP contribution in [0.5, 0.6) is 5.75 Å². The molecule has 1 aromatic heterocycles. The average Bonchev–Trinajstić information content (AvgIpc) is 3.53. The molecule has 1 aromatic carbocycles. The molecule has 1 N–H and O–H groups in total. The molecule has 4 rings (SSSR count). The van der Waals surface area contributed by atoms with Gasteiger partial charge in [0.2, 0.25) is 5.91 Å². The first kappa shape index (κ1) is 16.1. The fourth-order valence-corrected chi connectivity index (χ4v) is 3.46. The van der Waals surface area contributed by atoms with E-state index in [1.165, 1.54) is 32.0 Å². The standard InChI is InChI=1S/C19H24N4O2/c24-19(11-18(14-4-5-14)15-6-7-15)22-16-2-1-3-17(10-16)25-9-8-23-13-20-12-21-23/h1-3,10,12-15,18H,4-9,11H2,(H,22,24). The van der Waals surface area contributed by atoms with Gasteiger partial charge in [0.1, 0.15) is 25.0 Å². The van der Waals surface area contributed by atoms with E-state index in [-0.39, 0.29) is 5.91 Å². The number of rotatable bonds is 9. The van der Waals surface area contributed by atoms with Crippen molar-refractivity contribution in [3.8, 4) is 5.75 Å². The summed E-state index contributed by atoms with van der Waals surface area (Å²) in [7, 11) is 0. The summed E-state index contributed by atoms with van der Waals surface area (Å²) < 4.78 is 7.46. The lowest BCUT2D eigenvalue weighted by atomic mass is 9.94. The summed E-state index contributed by atoms with van der Waals surface area (Å²) in [5.41, 5.74) is 0.800. The van der Waals surface area contributed by atoms with E-state index >= 15 is 0 Å². The number of nitrogens with zero attached hydrogens (tertiary/aromatic N) is 3. The van der Waals surface area contributed by atoms with Gasteiger partial charge in [0, 0.05) is 18.2 Å². The Hall–Kier alpha value is -2.37. The third kappa shape index (κ3) is 4.59. The minimum Gasteiger partial charge on any atom is -0.492 e. The van der Waals surface area contributed by atoms with E-state index in [4.69, 9.17) is 4.74 Å². The molecule has 0 radical (unpaired) electrons. The van der Waals surface area contributed by atoms with Gasteiger partial charge in [-0.1, -0.05) is 6.07 Å². The van der Waals surface area contributed by atoms with Crippen molar-refractivity contribution < 1.29 is 9.53 Å². The number of nitrogens with one attached hydrogen (secondary N) is 1. The molecular formula is C19H24N4O2. The van der Waals surface area contributed by atoms with Crippen LogP contribution in [0.4, 0.5) is 5.69 Å². The highest BCUT2D eigenvalue weighted by molar-refractivity contribution is 5.91. The van der Waals surface area contributed by atoms with Gasteiger partial charge in [-0.2, -0.15) is 5.10 Å². The largest absolute Gasteiger partial charge is 0.492 e. The van der Waals surface area contributed by atoms with Crippen molar-refractivity contribution in [2.75, 3.05) is 11.9 Å². The van der Waals surface area contributed by atoms with Gasteiger partial charge in [0.15, 0.2) is 0 Å². The number of benzene rings is 1. The van der Waals surface area contributed by atoms with Gasteiger partial charge in [0.05, 0.1) is 6.54 Å². The zero-order chi connectivity index (χ0) is 17.1. The molecule has 25 heavy (non-hydrogen) atoms. The topological polar surface area (TPSA) is 69.0 Å². The highest BCUT2D eigenvalue weighted by Gasteiger charge is 2.42. The van der Waals surface area contributed by atoms with Crippen LogP contribution in [0.1, 0.15) is 32.1 Å². The lowest BCUT2D eigenvalue weighted by Crippen LogP contribution is -2.19. The number of ether oxygens (including phenoxy) is 1. The zero-order valence-electron chi connectivity index (χ0n) is 14.3. The lowest BCUT2D eigenvalue weighted by molar-refractivity contribution is -0.117. The first-order valence-electron chi connectivity index (χ1n) is 9.13. The van der Waals surface area contributed by atoms with Crippen molar-refractivity contribution in [2.24, 2.45) is 17.8 Å². The van der Waals surface area contributed by atoms with Crippen LogP contribution in [-0.4, -0.2) is 27.3 Å². The van der Waals surface area contributed by atoms with Crippen LogP contribution >= 0.6 is 0 Å². The molecule has 6 nitrogen and oxygen atoms in total. The van der Waals surface area contributed by atoms with E-state index in [2.05, 4.69) is 15.4 Å². The summed E-state index contributed by atoms with van der Waals surface area (Å²) >= 11 is 0. The summed E-state index contributed by atoms with van der Waals surface area (Å²) in [6, 6.07) is 7.59. The SMILES string of the molecule is O=C(CC(C1CC1)C1CC1)Nc1cccc(OCCn2cncn2)c1. The molecule has 2 aliphatic carbocycles. The highest BCUT2D eigenvalue weighted by atomic mass is 16.5. The number of carbonyl (C=O) groups excluding carboxylic acids is 1. The van der Waals surface area contributed by atoms with Gasteiger partial charge in [-0.25, -0.2) is 9.67 Å². The molecule has 0 saturated heterocycles. The Morgan fingerprint density at radius 3 is 2.76 bits per heavy atom. The zero-order valence-corrected chi connectivity index (χ0v) is 14.3. The van der Waals surface area contributed by atoms with E-state index in [1.807, 2.05) is 24.3 Å². The third-order valence-corrected chi connectivity index (χ3v) is 5.05. The third-order valence-electron chi connectivity index (χ3n) is 5.05. The Bertz CT molecular complexity index is 696. The molecule has 6 heteroatoms. The second-order valence-electron chi connectivity index (χ2n) is 7.13. The van der Waals surface area contributed by atoms with Gasteiger partial charge in [-0.3, -0.25) is 4.79 Å². The second kappa shape index (κ2) is 7.25. The van der Waals surface area contributed by atoms with E-state index in [1.54, 1.807) is 11.0 Å². The van der Waals surface area contributed by atoms with Crippen LogP contribution in [0.25, 0.3) is 0 Å². The smallest absolute Gasteiger partial charge is 0.224 e. The quantitative estimate of drug-likeness (QED) is 0.761. The van der Waals surface area contributed by atoms with Crippen LogP contribution in [-0.2, 0) is 11.3 Å². The van der Waals surface area contributed by atoms with Crippen molar-refractivity contribution in [3.63, 3.8) is 0 Å². The van der Waals surface area contributed by atoms with E-state index in [0.717, 1.165) is 23.3 Å². The van der Waals surface area contributed by atoms with Crippen molar-refractivity contribution >= 4 is 11.6 Å². The number of hydrogen-bond acceptors (Lipinski definition) is 4. The Morgan fingerprint density at radius 2 is 2.08 bits per heavy atom. The molecule has 1 amide bonds. The molecular weight excluding hydrogens is 316 g/mol. The molecule has 0 atom stereocenters. The van der Waals surface area contributed by atoms with Gasteiger partial charge >= 0.3 is 0 Å². The molecule has 2 fully saturated rings. The maximum atomic E-state index is 12.4. The fraction of sp³-hybridized carbons (Fsp3) is 0.526. The Kier molecular flexibility index (Phi) is 4.68. The number of hydrogen-bond donors (Lipinski definition) is 1. The highest BCUT2D eigenvalue weighted by Crippen LogP contribution is 2.50. The molecule has 0 unspecified atom stereocenters. The van der Waals surface area contributed by atoms with Crippen LogP contribution in [0.2, 0.25) is 0 Å². The summed E-state index contributed by atoms with van der Waals surface area (Å²) in [5.74, 6) is 3.07. The summed E-state index contributed by atoms with van der Waals surface area (Å²) in [6.07, 6.45) is 9.07. The molecule has 1 heterocycles. The molecule has 2 saturated carbocycles. The predicted molar refractivity (Wildman–Crippen MR) is 94.1 cm³/mol. The predicted octanol–water partition coefficient (Wildman–Crippen LogP) is 3.12. The first-order chi connectivity index (χ1) is 12.3. The minimum absolute atomic E-state index is 0.128. The van der Waals surface area contributed by atoms with E-state index in [0.29, 0.717) is 25.5 Å². The molecule has 0 spiro atoms. The molecule has 2 aromatic rings. The van der Waals surface area contributed by atoms with Gasteiger partial charge in [-0.15, -0.1) is 0 Å². The number of aromatic nitrogens is 3. The maximum absolute atomic E-state index is 12.4. The summed E-state index contributed by atoms with van der Waals surface area (Å²) in [4.78, 5) is 16.3. The van der Waals surface area contributed by atoms with Gasteiger partial charge in [0.25, 0.3) is 0 Å². The molecule has 0 aliphatic heterocycles. The van der Waals surface area contributed by atoms with E-state index < -0.39 is 0 Å². The Balaban J connectivity index is 1.27. The maximum Gasteiger partial charge on any atom is 0.224 e. The average molecular weight is 340 g/mol. The normalized spacial score (nSPS) is 16.8. The van der Waals surface area contributed by atoms with Crippen LogP contribution < -0.4 is 10.1 Å². The summed E-state index contributed by atoms with van der Waals surface area (Å²) in [5, 5.41) is 7.07. The monoisotopic (exact) mass is 340 g/mol. The second-order valence-corrected chi connectivity index (χ2v) is 7.13. The van der Waals surface area contributed by atoms with Crippen LogP contribution in [0, 0.1) is 17.8 Å². The number of amides is 1. The molecule has 0 bridgehead atoms. The van der Waals surface area contributed by atoms with E-state index in [9.17, 15) is 4.79 Å². The lowest BCUT2D eigenvalue weighted by Gasteiger charge is -2.15. The van der Waals surface area contributed by atoms with Crippen LogP contribution in [0.15, 0.2) is 36.9 Å². The van der Waals surface area contributed by atoms with Crippen molar-refractivity contribution in [2.45, 2.75) is 38.6 Å². The molecule has 2 aliphatic rings. The Labute approximate surface area is 147 Å². The van der Waals surface area contributed by atoms with Crippen LogP contribution in [0.3, 0.4) is 0 Å².